The Labute approximate surface area is 159 Å². The first-order chi connectivity index (χ1) is 13.8. The van der Waals surface area contributed by atoms with Gasteiger partial charge in [-0.25, -0.2) is 15.0 Å². The number of aromatic amines is 2. The lowest BCUT2D eigenvalue weighted by Crippen LogP contribution is -1.97. The molecule has 0 unspecified atom stereocenters. The number of para-hydroxylation sites is 2. The zero-order chi connectivity index (χ0) is 18.9. The van der Waals surface area contributed by atoms with E-state index in [1.54, 1.807) is 36.7 Å². The maximum Gasteiger partial charge on any atom is 0.161 e. The van der Waals surface area contributed by atoms with Crippen molar-refractivity contribution in [1.82, 2.24) is 30.1 Å². The predicted octanol–water partition coefficient (Wildman–Crippen LogP) is 3.86. The van der Waals surface area contributed by atoms with E-state index >= 15 is 0 Å². The molecule has 0 aliphatic carbocycles. The van der Waals surface area contributed by atoms with E-state index in [0.717, 1.165) is 28.0 Å². The van der Waals surface area contributed by atoms with Crippen LogP contribution < -0.4 is 5.32 Å². The standard InChI is InChI=1S/C20H15N7O/c28-13-5-3-4-12(10-13)19-21-9-8-17(26-19)23-16-11-22-27-18(16)20-24-14-6-1-2-7-15(14)25-20/h1-11,28H,(H,22,27)(H,24,25)(H,21,23,26). The summed E-state index contributed by atoms with van der Waals surface area (Å²) in [7, 11) is 0. The van der Waals surface area contributed by atoms with Crippen LogP contribution in [-0.2, 0) is 0 Å². The van der Waals surface area contributed by atoms with Gasteiger partial charge < -0.3 is 15.4 Å². The highest BCUT2D eigenvalue weighted by Crippen LogP contribution is 2.28. The highest BCUT2D eigenvalue weighted by atomic mass is 16.3. The summed E-state index contributed by atoms with van der Waals surface area (Å²) < 4.78 is 0. The van der Waals surface area contributed by atoms with Gasteiger partial charge in [-0.2, -0.15) is 5.10 Å². The van der Waals surface area contributed by atoms with Gasteiger partial charge in [0.1, 0.15) is 17.3 Å². The van der Waals surface area contributed by atoms with Crippen molar-refractivity contribution in [3.05, 3.63) is 67.0 Å². The Morgan fingerprint density at radius 1 is 0.964 bits per heavy atom. The summed E-state index contributed by atoms with van der Waals surface area (Å²) in [6, 6.07) is 16.4. The molecule has 5 aromatic rings. The Bertz CT molecular complexity index is 1240. The van der Waals surface area contributed by atoms with Crippen molar-refractivity contribution in [2.45, 2.75) is 0 Å². The molecule has 0 saturated heterocycles. The number of hydrogen-bond donors (Lipinski definition) is 4. The van der Waals surface area contributed by atoms with Crippen molar-refractivity contribution in [3.8, 4) is 28.7 Å². The van der Waals surface area contributed by atoms with E-state index in [0.29, 0.717) is 17.5 Å². The van der Waals surface area contributed by atoms with Crippen LogP contribution in [0.2, 0.25) is 0 Å². The second kappa shape index (κ2) is 6.51. The molecule has 2 aromatic carbocycles. The summed E-state index contributed by atoms with van der Waals surface area (Å²) in [5.74, 6) is 1.96. The van der Waals surface area contributed by atoms with Gasteiger partial charge in [-0.15, -0.1) is 0 Å². The van der Waals surface area contributed by atoms with Gasteiger partial charge in [0.25, 0.3) is 0 Å². The molecule has 136 valence electrons. The van der Waals surface area contributed by atoms with E-state index in [4.69, 9.17) is 0 Å². The van der Waals surface area contributed by atoms with E-state index in [-0.39, 0.29) is 5.75 Å². The summed E-state index contributed by atoms with van der Waals surface area (Å²) in [5.41, 5.74) is 4.03. The molecular weight excluding hydrogens is 354 g/mol. The molecule has 8 nitrogen and oxygen atoms in total. The number of hydrogen-bond acceptors (Lipinski definition) is 6. The minimum absolute atomic E-state index is 0.168. The lowest BCUT2D eigenvalue weighted by Gasteiger charge is -2.07. The van der Waals surface area contributed by atoms with Gasteiger partial charge in [-0.05, 0) is 30.3 Å². The Balaban J connectivity index is 1.48. The highest BCUT2D eigenvalue weighted by molar-refractivity contribution is 5.82. The number of rotatable bonds is 4. The zero-order valence-electron chi connectivity index (χ0n) is 14.6. The molecular formula is C20H15N7O. The van der Waals surface area contributed by atoms with Gasteiger partial charge in [0.15, 0.2) is 11.6 Å². The van der Waals surface area contributed by atoms with Crippen molar-refractivity contribution in [3.63, 3.8) is 0 Å². The number of anilines is 2. The molecule has 4 N–H and O–H groups in total. The van der Waals surface area contributed by atoms with E-state index in [1.165, 1.54) is 0 Å². The molecule has 0 aliphatic rings. The number of imidazole rings is 1. The lowest BCUT2D eigenvalue weighted by molar-refractivity contribution is 0.475. The first-order valence-corrected chi connectivity index (χ1v) is 8.64. The summed E-state index contributed by atoms with van der Waals surface area (Å²) in [5, 5.41) is 20.0. The number of benzene rings is 2. The molecule has 3 aromatic heterocycles. The second-order valence-electron chi connectivity index (χ2n) is 6.20. The van der Waals surface area contributed by atoms with Crippen LogP contribution in [0.4, 0.5) is 11.5 Å². The molecule has 0 radical (unpaired) electrons. The number of phenols is 1. The highest BCUT2D eigenvalue weighted by Gasteiger charge is 2.13. The van der Waals surface area contributed by atoms with Crippen LogP contribution in [0.25, 0.3) is 33.9 Å². The average Bonchev–Trinajstić information content (AvgIpc) is 3.34. The lowest BCUT2D eigenvalue weighted by atomic mass is 10.2. The largest absolute Gasteiger partial charge is 0.508 e. The van der Waals surface area contributed by atoms with Crippen LogP contribution >= 0.6 is 0 Å². The molecule has 8 heteroatoms. The SMILES string of the molecule is Oc1cccc(-c2nccc(Nc3cn[nH]c3-c3nc4ccccc4[nH]3)n2)c1. The minimum atomic E-state index is 0.168. The third-order valence-corrected chi connectivity index (χ3v) is 4.29. The van der Waals surface area contributed by atoms with Crippen LogP contribution in [0.1, 0.15) is 0 Å². The fourth-order valence-electron chi connectivity index (χ4n) is 2.98. The Hall–Kier alpha value is -4.20. The molecule has 5 rings (SSSR count). The molecule has 0 amide bonds. The Kier molecular flexibility index (Phi) is 3.72. The molecule has 28 heavy (non-hydrogen) atoms. The number of aromatic hydroxyl groups is 1. The molecule has 0 bridgehead atoms. The van der Waals surface area contributed by atoms with E-state index in [1.807, 2.05) is 30.3 Å². The Morgan fingerprint density at radius 2 is 1.89 bits per heavy atom. The topological polar surface area (TPSA) is 115 Å². The van der Waals surface area contributed by atoms with Crippen molar-refractivity contribution in [2.75, 3.05) is 5.32 Å². The van der Waals surface area contributed by atoms with E-state index < -0.39 is 0 Å². The number of fused-ring (bicyclic) bond motifs is 1. The molecule has 0 fully saturated rings. The van der Waals surface area contributed by atoms with Crippen LogP contribution in [0.5, 0.6) is 5.75 Å². The summed E-state index contributed by atoms with van der Waals surface area (Å²) in [6.07, 6.45) is 3.34. The van der Waals surface area contributed by atoms with Crippen LogP contribution in [0, 0.1) is 0 Å². The van der Waals surface area contributed by atoms with Gasteiger partial charge >= 0.3 is 0 Å². The molecule has 0 aliphatic heterocycles. The molecule has 0 saturated carbocycles. The monoisotopic (exact) mass is 369 g/mol. The maximum absolute atomic E-state index is 9.68. The van der Waals surface area contributed by atoms with Crippen molar-refractivity contribution in [1.29, 1.82) is 0 Å². The third-order valence-electron chi connectivity index (χ3n) is 4.29. The smallest absolute Gasteiger partial charge is 0.161 e. The summed E-state index contributed by atoms with van der Waals surface area (Å²) in [6.45, 7) is 0. The zero-order valence-corrected chi connectivity index (χ0v) is 14.6. The second-order valence-corrected chi connectivity index (χ2v) is 6.20. The number of aromatic nitrogens is 6. The van der Waals surface area contributed by atoms with Crippen molar-refractivity contribution in [2.24, 2.45) is 0 Å². The Morgan fingerprint density at radius 3 is 2.79 bits per heavy atom. The van der Waals surface area contributed by atoms with Gasteiger partial charge in [0.2, 0.25) is 0 Å². The summed E-state index contributed by atoms with van der Waals surface area (Å²) >= 11 is 0. The quantitative estimate of drug-likeness (QED) is 0.382. The molecule has 0 spiro atoms. The predicted molar refractivity (Wildman–Crippen MR) is 106 cm³/mol. The molecule has 0 atom stereocenters. The third kappa shape index (κ3) is 2.92. The number of nitrogens with one attached hydrogen (secondary N) is 3. The van der Waals surface area contributed by atoms with Crippen molar-refractivity contribution >= 4 is 22.5 Å². The number of H-pyrrole nitrogens is 2. The molecule has 3 heterocycles. The maximum atomic E-state index is 9.68. The fraction of sp³-hybridized carbons (Fsp3) is 0. The van der Waals surface area contributed by atoms with Crippen LogP contribution in [0.3, 0.4) is 0 Å². The first-order valence-electron chi connectivity index (χ1n) is 8.64. The van der Waals surface area contributed by atoms with Crippen LogP contribution in [-0.4, -0.2) is 35.2 Å². The van der Waals surface area contributed by atoms with Gasteiger partial charge in [-0.3, -0.25) is 5.10 Å². The van der Waals surface area contributed by atoms with E-state index in [2.05, 4.69) is 35.5 Å². The number of phenolic OH excluding ortho intramolecular Hbond substituents is 1. The van der Waals surface area contributed by atoms with Crippen LogP contribution in [0.15, 0.2) is 67.0 Å². The van der Waals surface area contributed by atoms with Crippen molar-refractivity contribution < 1.29 is 5.11 Å². The first kappa shape index (κ1) is 16.0. The van der Waals surface area contributed by atoms with Gasteiger partial charge in [-0.1, -0.05) is 24.3 Å². The fourth-order valence-corrected chi connectivity index (χ4v) is 2.98. The minimum Gasteiger partial charge on any atom is -0.508 e. The van der Waals surface area contributed by atoms with Gasteiger partial charge in [0.05, 0.1) is 22.9 Å². The normalized spacial score (nSPS) is 11.0. The summed E-state index contributed by atoms with van der Waals surface area (Å²) in [4.78, 5) is 16.7. The number of nitrogens with zero attached hydrogens (tertiary/aromatic N) is 4. The average molecular weight is 369 g/mol. The van der Waals surface area contributed by atoms with E-state index in [9.17, 15) is 5.11 Å². The van der Waals surface area contributed by atoms with Gasteiger partial charge in [0, 0.05) is 11.8 Å².